The summed E-state index contributed by atoms with van der Waals surface area (Å²) in [7, 11) is 1.31. The van der Waals surface area contributed by atoms with Gasteiger partial charge in [0, 0.05) is 25.9 Å². The maximum absolute atomic E-state index is 12.2. The fourth-order valence-electron chi connectivity index (χ4n) is 2.35. The lowest BCUT2D eigenvalue weighted by molar-refractivity contribution is -0.132. The van der Waals surface area contributed by atoms with E-state index in [1.54, 1.807) is 16.3 Å². The standard InChI is InChI=1S/C14H18N2O4S/c1-9(17)16-6-3-10(4-7-16)13(18)15-11-5-8-21-12(11)14(19)20-2/h5,8,10H,3-4,6-7H2,1-2H3,(H,15,18). The van der Waals surface area contributed by atoms with Crippen LogP contribution in [0.5, 0.6) is 0 Å². The highest BCUT2D eigenvalue weighted by Crippen LogP contribution is 2.25. The van der Waals surface area contributed by atoms with Gasteiger partial charge in [-0.05, 0) is 24.3 Å². The smallest absolute Gasteiger partial charge is 0.350 e. The van der Waals surface area contributed by atoms with Crippen LogP contribution in [0.2, 0.25) is 0 Å². The SMILES string of the molecule is COC(=O)c1sccc1NC(=O)C1CCN(C(C)=O)CC1. The number of nitrogens with zero attached hydrogens (tertiary/aromatic N) is 1. The number of hydrogen-bond acceptors (Lipinski definition) is 5. The summed E-state index contributed by atoms with van der Waals surface area (Å²) in [6.45, 7) is 2.73. The molecule has 0 radical (unpaired) electrons. The van der Waals surface area contributed by atoms with Crippen LogP contribution in [-0.2, 0) is 14.3 Å². The molecule has 0 aliphatic carbocycles. The van der Waals surface area contributed by atoms with Gasteiger partial charge in [-0.15, -0.1) is 11.3 Å². The van der Waals surface area contributed by atoms with E-state index in [9.17, 15) is 14.4 Å². The first-order valence-corrected chi connectivity index (χ1v) is 7.63. The topological polar surface area (TPSA) is 75.7 Å². The minimum absolute atomic E-state index is 0.0414. The summed E-state index contributed by atoms with van der Waals surface area (Å²) in [5.41, 5.74) is 0.492. The van der Waals surface area contributed by atoms with Crippen LogP contribution in [0.4, 0.5) is 5.69 Å². The average Bonchev–Trinajstić information content (AvgIpc) is 2.94. The Morgan fingerprint density at radius 3 is 2.57 bits per heavy atom. The quantitative estimate of drug-likeness (QED) is 0.863. The Morgan fingerprint density at radius 2 is 2.00 bits per heavy atom. The number of ether oxygens (including phenoxy) is 1. The van der Waals surface area contributed by atoms with Crippen LogP contribution in [0.3, 0.4) is 0 Å². The van der Waals surface area contributed by atoms with Crippen LogP contribution in [0.15, 0.2) is 11.4 Å². The summed E-state index contributed by atoms with van der Waals surface area (Å²) < 4.78 is 4.68. The fourth-order valence-corrected chi connectivity index (χ4v) is 3.12. The van der Waals surface area contributed by atoms with Gasteiger partial charge in [0.1, 0.15) is 4.88 Å². The van der Waals surface area contributed by atoms with E-state index >= 15 is 0 Å². The Hall–Kier alpha value is -1.89. The summed E-state index contributed by atoms with van der Waals surface area (Å²) >= 11 is 1.23. The molecular weight excluding hydrogens is 292 g/mol. The molecule has 1 aromatic rings. The number of rotatable bonds is 3. The summed E-state index contributed by atoms with van der Waals surface area (Å²) in [5.74, 6) is -0.654. The van der Waals surface area contributed by atoms with Gasteiger partial charge in [-0.3, -0.25) is 9.59 Å². The van der Waals surface area contributed by atoms with Crippen molar-refractivity contribution in [3.05, 3.63) is 16.3 Å². The van der Waals surface area contributed by atoms with E-state index in [2.05, 4.69) is 10.1 Å². The molecule has 2 heterocycles. The number of carbonyl (C=O) groups is 3. The molecule has 7 heteroatoms. The summed E-state index contributed by atoms with van der Waals surface area (Å²) in [4.78, 5) is 37.2. The lowest BCUT2D eigenvalue weighted by Crippen LogP contribution is -2.40. The van der Waals surface area contributed by atoms with Crippen molar-refractivity contribution in [3.63, 3.8) is 0 Å². The predicted molar refractivity (Wildman–Crippen MR) is 79.3 cm³/mol. The molecule has 1 saturated heterocycles. The first-order valence-electron chi connectivity index (χ1n) is 6.75. The molecule has 0 bridgehead atoms. The molecule has 21 heavy (non-hydrogen) atoms. The van der Waals surface area contributed by atoms with Crippen LogP contribution in [0, 0.1) is 5.92 Å². The minimum Gasteiger partial charge on any atom is -0.465 e. The molecule has 2 amide bonds. The third-order valence-corrected chi connectivity index (χ3v) is 4.50. The molecule has 0 atom stereocenters. The molecule has 0 spiro atoms. The Labute approximate surface area is 127 Å². The van der Waals surface area contributed by atoms with Gasteiger partial charge >= 0.3 is 5.97 Å². The number of methoxy groups -OCH3 is 1. The number of nitrogens with one attached hydrogen (secondary N) is 1. The molecule has 114 valence electrons. The highest BCUT2D eigenvalue weighted by atomic mass is 32.1. The number of thiophene rings is 1. The predicted octanol–water partition coefficient (Wildman–Crippen LogP) is 1.73. The van der Waals surface area contributed by atoms with Crippen molar-refractivity contribution in [2.75, 3.05) is 25.5 Å². The van der Waals surface area contributed by atoms with Crippen molar-refractivity contribution < 1.29 is 19.1 Å². The molecular formula is C14H18N2O4S. The van der Waals surface area contributed by atoms with Gasteiger partial charge in [0.25, 0.3) is 0 Å². The Morgan fingerprint density at radius 1 is 1.33 bits per heavy atom. The molecule has 1 N–H and O–H groups in total. The first kappa shape index (κ1) is 15.5. The molecule has 0 unspecified atom stereocenters. The highest BCUT2D eigenvalue weighted by Gasteiger charge is 2.27. The second kappa shape index (κ2) is 6.71. The normalized spacial score (nSPS) is 15.6. The van der Waals surface area contributed by atoms with Crippen molar-refractivity contribution in [2.24, 2.45) is 5.92 Å². The Bertz CT molecular complexity index is 547. The number of piperidine rings is 1. The lowest BCUT2D eigenvalue weighted by Gasteiger charge is -2.30. The third kappa shape index (κ3) is 3.60. The van der Waals surface area contributed by atoms with Gasteiger partial charge in [-0.25, -0.2) is 4.79 Å². The summed E-state index contributed by atoms with van der Waals surface area (Å²) in [6, 6.07) is 1.69. The molecule has 6 nitrogen and oxygen atoms in total. The van der Waals surface area contributed by atoms with E-state index in [0.29, 0.717) is 36.5 Å². The number of anilines is 1. The Balaban J connectivity index is 1.95. The van der Waals surface area contributed by atoms with Crippen LogP contribution in [-0.4, -0.2) is 42.9 Å². The molecule has 0 saturated carbocycles. The number of carbonyl (C=O) groups excluding carboxylic acids is 3. The van der Waals surface area contributed by atoms with Crippen LogP contribution >= 0.6 is 11.3 Å². The van der Waals surface area contributed by atoms with Crippen molar-refractivity contribution >= 4 is 34.8 Å². The molecule has 1 aromatic heterocycles. The summed E-state index contributed by atoms with van der Waals surface area (Å²) in [6.07, 6.45) is 1.28. The monoisotopic (exact) mass is 310 g/mol. The van der Waals surface area contributed by atoms with Crippen LogP contribution in [0.25, 0.3) is 0 Å². The van der Waals surface area contributed by atoms with Gasteiger partial charge in [-0.1, -0.05) is 0 Å². The molecule has 1 fully saturated rings. The lowest BCUT2D eigenvalue weighted by atomic mass is 9.96. The third-order valence-electron chi connectivity index (χ3n) is 3.60. The summed E-state index contributed by atoms with van der Waals surface area (Å²) in [5, 5.41) is 4.52. The largest absolute Gasteiger partial charge is 0.465 e. The van der Waals surface area contributed by atoms with Gasteiger partial charge < -0.3 is 15.0 Å². The van der Waals surface area contributed by atoms with Crippen molar-refractivity contribution in [1.29, 1.82) is 0 Å². The molecule has 2 rings (SSSR count). The van der Waals surface area contributed by atoms with Crippen LogP contribution in [0.1, 0.15) is 29.4 Å². The van der Waals surface area contributed by atoms with Gasteiger partial charge in [0.05, 0.1) is 12.8 Å². The maximum Gasteiger partial charge on any atom is 0.350 e. The second-order valence-electron chi connectivity index (χ2n) is 4.92. The zero-order chi connectivity index (χ0) is 15.4. The van der Waals surface area contributed by atoms with E-state index in [1.807, 2.05) is 0 Å². The number of amides is 2. The van der Waals surface area contributed by atoms with Crippen molar-refractivity contribution in [1.82, 2.24) is 4.90 Å². The average molecular weight is 310 g/mol. The van der Waals surface area contributed by atoms with Gasteiger partial charge in [0.15, 0.2) is 0 Å². The number of likely N-dealkylation sites (tertiary alicyclic amines) is 1. The molecule has 0 aromatic carbocycles. The van der Waals surface area contributed by atoms with Gasteiger partial charge in [-0.2, -0.15) is 0 Å². The Kier molecular flexibility index (Phi) is 4.95. The number of esters is 1. The van der Waals surface area contributed by atoms with E-state index < -0.39 is 5.97 Å². The van der Waals surface area contributed by atoms with E-state index in [4.69, 9.17) is 0 Å². The molecule has 1 aliphatic rings. The minimum atomic E-state index is -0.452. The number of hydrogen-bond donors (Lipinski definition) is 1. The van der Waals surface area contributed by atoms with Crippen molar-refractivity contribution in [2.45, 2.75) is 19.8 Å². The zero-order valence-electron chi connectivity index (χ0n) is 12.0. The fraction of sp³-hybridized carbons (Fsp3) is 0.500. The second-order valence-corrected chi connectivity index (χ2v) is 5.84. The van der Waals surface area contributed by atoms with Gasteiger partial charge in [0.2, 0.25) is 11.8 Å². The van der Waals surface area contributed by atoms with E-state index in [0.717, 1.165) is 0 Å². The zero-order valence-corrected chi connectivity index (χ0v) is 12.9. The maximum atomic E-state index is 12.2. The van der Waals surface area contributed by atoms with E-state index in [-0.39, 0.29) is 17.7 Å². The molecule has 1 aliphatic heterocycles. The highest BCUT2D eigenvalue weighted by molar-refractivity contribution is 7.12. The first-order chi connectivity index (χ1) is 10.0. The van der Waals surface area contributed by atoms with E-state index in [1.165, 1.54) is 25.4 Å². The van der Waals surface area contributed by atoms with Crippen molar-refractivity contribution in [3.8, 4) is 0 Å². The van der Waals surface area contributed by atoms with Crippen LogP contribution < -0.4 is 5.32 Å².